The Morgan fingerprint density at radius 1 is 0.405 bits per heavy atom. The van der Waals surface area contributed by atoms with Crippen LogP contribution in [-0.4, -0.2) is 187 Å². The van der Waals surface area contributed by atoms with Gasteiger partial charge in [0.05, 0.1) is 84.3 Å². The van der Waals surface area contributed by atoms with Crippen LogP contribution < -0.4 is 20.1 Å². The molecule has 6 atom stereocenters. The number of carbonyl (C=O) groups excluding carboxylic acids is 6. The predicted octanol–water partition coefficient (Wildman–Crippen LogP) is 10.7. The van der Waals surface area contributed by atoms with Crippen LogP contribution in [0.1, 0.15) is 156 Å². The van der Waals surface area contributed by atoms with Gasteiger partial charge in [-0.25, -0.2) is 14.4 Å². The van der Waals surface area contributed by atoms with Gasteiger partial charge in [-0.1, -0.05) is 93.1 Å². The van der Waals surface area contributed by atoms with Gasteiger partial charge in [0, 0.05) is 98.2 Å². The maximum atomic E-state index is 13.5. The van der Waals surface area contributed by atoms with Crippen molar-refractivity contribution >= 4 is 47.2 Å². The quantitative estimate of drug-likeness (QED) is 0.0167. The number of fused-ring (bicyclic) bond motifs is 9. The number of hydrogen-bond acceptors (Lipinski definition) is 20. The van der Waals surface area contributed by atoms with Gasteiger partial charge in [0.25, 0.3) is 0 Å². The van der Waals surface area contributed by atoms with E-state index in [-0.39, 0.29) is 36.1 Å². The van der Waals surface area contributed by atoms with Gasteiger partial charge in [0.2, 0.25) is 16.8 Å². The van der Waals surface area contributed by atoms with Crippen molar-refractivity contribution < 1.29 is 145 Å². The van der Waals surface area contributed by atoms with Crippen LogP contribution >= 0.6 is 11.3 Å². The van der Waals surface area contributed by atoms with Gasteiger partial charge < -0.3 is 90.7 Å². The maximum absolute atomic E-state index is 13.5. The number of nitrogens with zero attached hydrogens (tertiary/aromatic N) is 3. The Kier molecular flexibility index (Phi) is 30.7. The number of thiophene rings is 1. The first kappa shape index (κ1) is 90.1. The van der Waals surface area contributed by atoms with Crippen molar-refractivity contribution in [1.29, 1.82) is 0 Å². The van der Waals surface area contributed by atoms with E-state index in [0.29, 0.717) is 41.6 Å². The van der Waals surface area contributed by atoms with E-state index in [0.717, 1.165) is 219 Å². The first-order valence-corrected chi connectivity index (χ1v) is 41.0. The summed E-state index contributed by atoms with van der Waals surface area (Å²) in [6.07, 6.45) is 10.7. The average molecular weight is 1660 g/mol. The molecule has 116 heavy (non-hydrogen) atoms. The topological polar surface area (TPSA) is 309 Å². The number of aliphatic hydroxyl groups is 3. The molecule has 9 saturated heterocycles. The third-order valence-electron chi connectivity index (χ3n) is 25.2. The van der Waals surface area contributed by atoms with Gasteiger partial charge in [0.1, 0.15) is 60.6 Å². The highest BCUT2D eigenvalue weighted by molar-refractivity contribution is 7.09. The summed E-state index contributed by atoms with van der Waals surface area (Å²) in [4.78, 5) is 68.1. The van der Waals surface area contributed by atoms with Crippen LogP contribution in [0.3, 0.4) is 0 Å². The number of halogens is 9. The highest BCUT2D eigenvalue weighted by atomic mass is 32.1. The number of benzene rings is 2. The summed E-state index contributed by atoms with van der Waals surface area (Å²) in [7, 11) is 0. The SMILES string of the molecule is O=C(O[C@@H]1C[N+]2(CCCOc3ccccc3)CCC1CC2)[C@](O)(c1ccco1)C1CCCC1.O=C(O[C@H]1C[N+]2(CCCc3cccs3)CCC1CC2)[C@](O)(c1ccco1)C1CCCC1.O=C(O[C@H]1C[N+]2(CCc3ccccc3)CCC1CC2)[C@](O)(c1ccco1)C1CCCC1.O=C([O-])C(F)(F)F.O=C([O-])C(F)(F)F.O=C([O-])C(F)(F)F. The van der Waals surface area contributed by atoms with Gasteiger partial charge in [-0.2, -0.15) is 39.5 Å². The molecule has 6 aromatic rings. The minimum atomic E-state index is -5.19. The van der Waals surface area contributed by atoms with Gasteiger partial charge >= 0.3 is 36.4 Å². The number of hydrogen-bond donors (Lipinski definition) is 3. The van der Waals surface area contributed by atoms with E-state index in [1.807, 2.05) is 41.7 Å². The summed E-state index contributed by atoms with van der Waals surface area (Å²) < 4.78 is 139. The molecule has 13 heterocycles. The molecule has 12 aliphatic rings. The zero-order valence-electron chi connectivity index (χ0n) is 64.7. The van der Waals surface area contributed by atoms with E-state index in [9.17, 15) is 69.2 Å². The van der Waals surface area contributed by atoms with Crippen LogP contribution in [0, 0.1) is 35.5 Å². The summed E-state index contributed by atoms with van der Waals surface area (Å²) in [5, 5.41) is 63.3. The Hall–Kier alpha value is -8.27. The second kappa shape index (κ2) is 39.5. The monoisotopic (exact) mass is 1660 g/mol. The average Bonchev–Trinajstić information content (AvgIpc) is 1.23. The number of aliphatic carboxylic acids is 3. The minimum absolute atomic E-state index is 0.0976. The largest absolute Gasteiger partial charge is 0.542 e. The zero-order valence-corrected chi connectivity index (χ0v) is 65.5. The third-order valence-corrected chi connectivity index (χ3v) is 26.1. The molecule has 32 heteroatoms. The Morgan fingerprint density at radius 2 is 0.724 bits per heavy atom. The Labute approximate surface area is 671 Å². The molecule has 0 radical (unpaired) electrons. The number of esters is 3. The first-order valence-electron chi connectivity index (χ1n) is 40.2. The van der Waals surface area contributed by atoms with Crippen molar-refractivity contribution in [3.63, 3.8) is 0 Å². The second-order valence-corrected chi connectivity index (χ2v) is 33.4. The molecule has 0 unspecified atom stereocenters. The molecule has 3 N–H and O–H groups in total. The van der Waals surface area contributed by atoms with Crippen LogP contribution in [0.15, 0.2) is 147 Å². The molecule has 0 amide bonds. The summed E-state index contributed by atoms with van der Waals surface area (Å²) in [5.41, 5.74) is -3.64. The molecular formula is C84H104F9N3O19S. The Bertz CT molecular complexity index is 3960. The first-order chi connectivity index (χ1) is 55.1. The van der Waals surface area contributed by atoms with Crippen LogP contribution in [-0.2, 0) is 72.6 Å². The van der Waals surface area contributed by atoms with Crippen LogP contribution in [0.25, 0.3) is 0 Å². The van der Waals surface area contributed by atoms with Gasteiger partial charge in [-0.3, -0.25) is 0 Å². The minimum Gasteiger partial charge on any atom is -0.542 e. The smallest absolute Gasteiger partial charge is 0.430 e. The van der Waals surface area contributed by atoms with Gasteiger partial charge in [-0.15, -0.1) is 11.3 Å². The Morgan fingerprint density at radius 3 is 1.03 bits per heavy atom. The lowest BCUT2D eigenvalue weighted by Gasteiger charge is -2.52. The number of piperidine rings is 9. The Balaban J connectivity index is 0.000000163. The summed E-state index contributed by atoms with van der Waals surface area (Å²) >= 11 is 1.84. The lowest BCUT2D eigenvalue weighted by molar-refractivity contribution is -0.946. The number of carboxylic acids is 3. The third kappa shape index (κ3) is 23.0. The maximum Gasteiger partial charge on any atom is 0.430 e. The zero-order chi connectivity index (χ0) is 83.6. The molecule has 638 valence electrons. The molecular weight excluding hydrogens is 1560 g/mol. The fraction of sp³-hybridized carbons (Fsp3) is 0.595. The van der Waals surface area contributed by atoms with Crippen molar-refractivity contribution in [1.82, 2.24) is 0 Å². The highest BCUT2D eigenvalue weighted by Gasteiger charge is 2.58. The molecule has 6 bridgehead atoms. The summed E-state index contributed by atoms with van der Waals surface area (Å²) in [5.74, 6) is -7.82. The lowest BCUT2D eigenvalue weighted by atomic mass is 9.81. The number of para-hydroxylation sites is 1. The highest BCUT2D eigenvalue weighted by Crippen LogP contribution is 2.48. The van der Waals surface area contributed by atoms with E-state index in [1.54, 1.807) is 36.4 Å². The van der Waals surface area contributed by atoms with E-state index in [2.05, 4.69) is 47.8 Å². The molecule has 9 aliphatic heterocycles. The standard InChI is InChI=1S/C27H36NO5.C26H34NO4.C25H34NO4S.3C2HF3O2/c29-26(27(30,22-8-4-5-9-22)25-12-6-18-32-25)33-24-20-28(16-13-21(24)14-17-28)15-7-19-31-23-10-2-1-3-11-23;28-25(26(29,22-9-4-5-10-22)24-11-6-18-30-24)31-23-19-27(16-13-21(23)14-17-27)15-12-20-7-2-1-3-8-20;27-24(25(28,20-6-1-2-7-20)23-10-4-16-29-23)30-22-18-26(14-11-19(22)12-15-26)13-3-8-21-9-5-17-31-21;3*3-2(4,5)1(6)7/h1-3,6,10-12,18,21-22,24,30H,4-5,7-9,13-17,19-20H2;1-3,6-8,11,18,21-23,29H,4-5,9-10,12-17,19H2;4-5,9-10,16-17,19-20,22,28H,1-3,6-8,11-15,18H2;3*(H,6,7)/q3*+1;;;/p-3/t21?,24-,27-,28?;21?,23-,26+,27?;19?,22-,25+,26?;;;/m100.../s1. The van der Waals surface area contributed by atoms with Crippen LogP contribution in [0.4, 0.5) is 39.5 Å². The fourth-order valence-corrected chi connectivity index (χ4v) is 19.5. The summed E-state index contributed by atoms with van der Waals surface area (Å²) in [6.45, 7) is 13.5. The van der Waals surface area contributed by atoms with E-state index in [1.165, 1.54) is 48.7 Å². The van der Waals surface area contributed by atoms with Crippen molar-refractivity contribution in [3.05, 3.63) is 161 Å². The molecule has 0 spiro atoms. The number of aryl methyl sites for hydroxylation is 1. The van der Waals surface area contributed by atoms with Crippen LogP contribution in [0.2, 0.25) is 0 Å². The normalized spacial score (nSPS) is 26.5. The predicted molar refractivity (Wildman–Crippen MR) is 393 cm³/mol. The molecule has 4 aromatic heterocycles. The molecule has 2 aromatic carbocycles. The van der Waals surface area contributed by atoms with Crippen LogP contribution in [0.5, 0.6) is 5.75 Å². The number of carbonyl (C=O) groups is 6. The number of rotatable bonds is 24. The fourth-order valence-electron chi connectivity index (χ4n) is 18.8. The summed E-state index contributed by atoms with van der Waals surface area (Å²) in [6, 6.07) is 35.3. The molecule has 22 nitrogen and oxygen atoms in total. The van der Waals surface area contributed by atoms with E-state index in [4.69, 9.17) is 61.9 Å². The van der Waals surface area contributed by atoms with E-state index < -0.39 is 71.1 Å². The van der Waals surface area contributed by atoms with Gasteiger partial charge in [0.15, 0.2) is 18.3 Å². The lowest BCUT2D eigenvalue weighted by Crippen LogP contribution is -2.65. The van der Waals surface area contributed by atoms with Crippen molar-refractivity contribution in [2.24, 2.45) is 35.5 Å². The van der Waals surface area contributed by atoms with Gasteiger partial charge in [-0.05, 0) is 110 Å². The molecule has 12 fully saturated rings. The molecule has 3 saturated carbocycles. The number of carboxylic acid groups (broad SMARTS) is 3. The van der Waals surface area contributed by atoms with Crippen molar-refractivity contribution in [2.45, 2.75) is 195 Å². The number of furan rings is 3. The molecule has 3 aliphatic carbocycles. The van der Waals surface area contributed by atoms with Crippen molar-refractivity contribution in [3.8, 4) is 5.75 Å². The number of alkyl halides is 9. The second-order valence-electron chi connectivity index (χ2n) is 32.4. The number of ether oxygens (including phenoxy) is 4. The number of quaternary nitrogens is 3. The van der Waals surface area contributed by atoms with E-state index >= 15 is 0 Å². The van der Waals surface area contributed by atoms with Crippen molar-refractivity contribution in [2.75, 3.05) is 85.1 Å². The molecule has 18 rings (SSSR count).